The van der Waals surface area contributed by atoms with Crippen molar-refractivity contribution in [2.24, 2.45) is 0 Å². The van der Waals surface area contributed by atoms with Crippen LogP contribution in [0.2, 0.25) is 0 Å². The maximum Gasteiger partial charge on any atom is 0.417 e. The predicted molar refractivity (Wildman–Crippen MR) is 47.5 cm³/mol. The van der Waals surface area contributed by atoms with Gasteiger partial charge in [-0.15, -0.1) is 0 Å². The fourth-order valence-corrected chi connectivity index (χ4v) is 1.28. The van der Waals surface area contributed by atoms with Gasteiger partial charge in [0.25, 0.3) is 0 Å². The van der Waals surface area contributed by atoms with Crippen LogP contribution in [0.25, 0.3) is 0 Å². The van der Waals surface area contributed by atoms with Crippen molar-refractivity contribution < 1.29 is 17.9 Å². The van der Waals surface area contributed by atoms with Crippen molar-refractivity contribution in [3.05, 3.63) is 23.9 Å². The Bertz CT molecular complexity index is 330. The van der Waals surface area contributed by atoms with Crippen molar-refractivity contribution in [2.45, 2.75) is 31.5 Å². The molecule has 0 unspecified atom stereocenters. The topological polar surface area (TPSA) is 22.1 Å². The van der Waals surface area contributed by atoms with Gasteiger partial charge in [0.1, 0.15) is 6.10 Å². The number of rotatable bonds is 2. The minimum Gasteiger partial charge on any atom is -0.474 e. The van der Waals surface area contributed by atoms with E-state index >= 15 is 0 Å². The van der Waals surface area contributed by atoms with Crippen LogP contribution in [0, 0.1) is 0 Å². The highest BCUT2D eigenvalue weighted by molar-refractivity contribution is 5.20. The normalized spacial score (nSPS) is 17.3. The van der Waals surface area contributed by atoms with E-state index in [0.29, 0.717) is 0 Å². The molecule has 0 aliphatic heterocycles. The molecule has 0 saturated heterocycles. The number of nitrogens with zero attached hydrogens (tertiary/aromatic N) is 1. The van der Waals surface area contributed by atoms with Crippen LogP contribution in [0.15, 0.2) is 18.3 Å². The van der Waals surface area contributed by atoms with E-state index < -0.39 is 11.7 Å². The number of halogens is 3. The number of alkyl halides is 3. The molecule has 0 N–H and O–H groups in total. The molecule has 82 valence electrons. The summed E-state index contributed by atoms with van der Waals surface area (Å²) in [5.74, 6) is 0.271. The number of aromatic nitrogens is 1. The minimum absolute atomic E-state index is 0.134. The highest BCUT2D eigenvalue weighted by Gasteiger charge is 2.31. The van der Waals surface area contributed by atoms with Crippen molar-refractivity contribution in [2.75, 3.05) is 0 Å². The average molecular weight is 217 g/mol. The highest BCUT2D eigenvalue weighted by Crippen LogP contribution is 2.30. The van der Waals surface area contributed by atoms with E-state index in [4.69, 9.17) is 4.74 Å². The summed E-state index contributed by atoms with van der Waals surface area (Å²) in [7, 11) is 0. The monoisotopic (exact) mass is 217 g/mol. The first-order valence-electron chi connectivity index (χ1n) is 4.75. The Morgan fingerprint density at radius 3 is 2.40 bits per heavy atom. The molecular weight excluding hydrogens is 207 g/mol. The van der Waals surface area contributed by atoms with E-state index in [1.165, 1.54) is 6.07 Å². The molecule has 1 aromatic rings. The lowest BCUT2D eigenvalue weighted by atomic mass is 9.96. The first-order valence-corrected chi connectivity index (χ1v) is 4.75. The third kappa shape index (κ3) is 2.40. The third-order valence-corrected chi connectivity index (χ3v) is 2.40. The maximum absolute atomic E-state index is 12.2. The van der Waals surface area contributed by atoms with E-state index in [2.05, 4.69) is 4.98 Å². The van der Waals surface area contributed by atoms with Crippen LogP contribution in [-0.4, -0.2) is 11.1 Å². The second-order valence-corrected chi connectivity index (χ2v) is 3.55. The molecule has 1 saturated carbocycles. The quantitative estimate of drug-likeness (QED) is 0.759. The summed E-state index contributed by atoms with van der Waals surface area (Å²) in [6.07, 6.45) is -0.360. The van der Waals surface area contributed by atoms with Gasteiger partial charge in [0.05, 0.1) is 5.56 Å². The van der Waals surface area contributed by atoms with Gasteiger partial charge in [0, 0.05) is 12.3 Å². The lowest BCUT2D eigenvalue weighted by molar-refractivity contribution is -0.137. The Hall–Kier alpha value is -1.26. The summed E-state index contributed by atoms with van der Waals surface area (Å²) >= 11 is 0. The summed E-state index contributed by atoms with van der Waals surface area (Å²) in [6, 6.07) is 2.25. The van der Waals surface area contributed by atoms with Gasteiger partial charge in [-0.1, -0.05) is 0 Å². The molecule has 1 aromatic heterocycles. The predicted octanol–water partition coefficient (Wildman–Crippen LogP) is 3.03. The van der Waals surface area contributed by atoms with Crippen LogP contribution in [-0.2, 0) is 6.18 Å². The number of pyridine rings is 1. The number of hydrogen-bond acceptors (Lipinski definition) is 2. The SMILES string of the molecule is FC(F)(F)c1ccc(OC2CCC2)nc1. The molecule has 0 spiro atoms. The first-order chi connectivity index (χ1) is 7.05. The molecule has 2 nitrogen and oxygen atoms in total. The summed E-state index contributed by atoms with van der Waals surface area (Å²) < 4.78 is 41.9. The van der Waals surface area contributed by atoms with Gasteiger partial charge in [-0.25, -0.2) is 4.98 Å². The van der Waals surface area contributed by atoms with Crippen LogP contribution in [0.1, 0.15) is 24.8 Å². The van der Waals surface area contributed by atoms with Gasteiger partial charge < -0.3 is 4.74 Å². The van der Waals surface area contributed by atoms with Gasteiger partial charge >= 0.3 is 6.18 Å². The smallest absolute Gasteiger partial charge is 0.417 e. The molecule has 0 atom stereocenters. The molecular formula is C10H10F3NO. The second kappa shape index (κ2) is 3.72. The lowest BCUT2D eigenvalue weighted by Crippen LogP contribution is -2.25. The van der Waals surface area contributed by atoms with Crippen LogP contribution >= 0.6 is 0 Å². The zero-order valence-electron chi connectivity index (χ0n) is 7.92. The Morgan fingerprint density at radius 2 is 2.00 bits per heavy atom. The lowest BCUT2D eigenvalue weighted by Gasteiger charge is -2.25. The Morgan fingerprint density at radius 1 is 1.27 bits per heavy atom. The maximum atomic E-state index is 12.2. The fraction of sp³-hybridized carbons (Fsp3) is 0.500. The van der Waals surface area contributed by atoms with Crippen molar-refractivity contribution in [1.29, 1.82) is 0 Å². The molecule has 5 heteroatoms. The van der Waals surface area contributed by atoms with Crippen LogP contribution in [0.5, 0.6) is 5.88 Å². The molecule has 2 rings (SSSR count). The zero-order chi connectivity index (χ0) is 10.9. The number of hydrogen-bond donors (Lipinski definition) is 0. The summed E-state index contributed by atoms with van der Waals surface area (Å²) in [5, 5.41) is 0. The van der Waals surface area contributed by atoms with E-state index in [0.717, 1.165) is 31.5 Å². The van der Waals surface area contributed by atoms with E-state index in [1.807, 2.05) is 0 Å². The second-order valence-electron chi connectivity index (χ2n) is 3.55. The minimum atomic E-state index is -4.33. The first kappa shape index (κ1) is 10.3. The highest BCUT2D eigenvalue weighted by atomic mass is 19.4. The van der Waals surface area contributed by atoms with Crippen LogP contribution in [0.4, 0.5) is 13.2 Å². The summed E-state index contributed by atoms with van der Waals surface area (Å²) in [4.78, 5) is 3.62. The van der Waals surface area contributed by atoms with Crippen molar-refractivity contribution in [1.82, 2.24) is 4.98 Å². The van der Waals surface area contributed by atoms with E-state index in [-0.39, 0.29) is 12.0 Å². The van der Waals surface area contributed by atoms with Gasteiger partial charge in [0.15, 0.2) is 0 Å². The molecule has 1 fully saturated rings. The Labute approximate surface area is 85.1 Å². The average Bonchev–Trinajstić information content (AvgIpc) is 2.11. The number of ether oxygens (including phenoxy) is 1. The fourth-order valence-electron chi connectivity index (χ4n) is 1.28. The summed E-state index contributed by atoms with van der Waals surface area (Å²) in [5.41, 5.74) is -0.747. The Balaban J connectivity index is 2.03. The molecule has 1 heterocycles. The van der Waals surface area contributed by atoms with Gasteiger partial charge in [-0.3, -0.25) is 0 Å². The largest absolute Gasteiger partial charge is 0.474 e. The molecule has 0 radical (unpaired) electrons. The summed E-state index contributed by atoms with van der Waals surface area (Å²) in [6.45, 7) is 0. The zero-order valence-corrected chi connectivity index (χ0v) is 7.92. The van der Waals surface area contributed by atoms with Gasteiger partial charge in [0.2, 0.25) is 5.88 Å². The molecule has 0 aromatic carbocycles. The van der Waals surface area contributed by atoms with Crippen LogP contribution < -0.4 is 4.74 Å². The van der Waals surface area contributed by atoms with Crippen molar-refractivity contribution in [3.8, 4) is 5.88 Å². The van der Waals surface area contributed by atoms with Crippen molar-refractivity contribution in [3.63, 3.8) is 0 Å². The van der Waals surface area contributed by atoms with Crippen LogP contribution in [0.3, 0.4) is 0 Å². The third-order valence-electron chi connectivity index (χ3n) is 2.40. The molecule has 1 aliphatic rings. The molecule has 0 amide bonds. The Kier molecular flexibility index (Phi) is 2.54. The van der Waals surface area contributed by atoms with E-state index in [9.17, 15) is 13.2 Å². The standard InChI is InChI=1S/C10H10F3NO/c11-10(12,13)7-4-5-9(14-6-7)15-8-2-1-3-8/h4-6,8H,1-3H2. The molecule has 0 bridgehead atoms. The molecule has 15 heavy (non-hydrogen) atoms. The molecule has 1 aliphatic carbocycles. The van der Waals surface area contributed by atoms with Gasteiger partial charge in [-0.05, 0) is 25.3 Å². The van der Waals surface area contributed by atoms with E-state index in [1.54, 1.807) is 0 Å². The van der Waals surface area contributed by atoms with Gasteiger partial charge in [-0.2, -0.15) is 13.2 Å². The van der Waals surface area contributed by atoms with Crippen molar-refractivity contribution >= 4 is 0 Å².